The van der Waals surface area contributed by atoms with Crippen LogP contribution in [0.1, 0.15) is 39.2 Å². The third kappa shape index (κ3) is 4.58. The fourth-order valence-corrected chi connectivity index (χ4v) is 2.69. The second-order valence-corrected chi connectivity index (χ2v) is 6.11. The van der Waals surface area contributed by atoms with Crippen LogP contribution >= 0.6 is 0 Å². The van der Waals surface area contributed by atoms with Crippen LogP contribution in [0.4, 0.5) is 10.1 Å². The molecule has 0 aliphatic heterocycles. The Morgan fingerprint density at radius 1 is 0.815 bits per heavy atom. The lowest BCUT2D eigenvalue weighted by Crippen LogP contribution is -2.28. The van der Waals surface area contributed by atoms with Gasteiger partial charge in [0.2, 0.25) is 0 Å². The molecule has 0 fully saturated rings. The van der Waals surface area contributed by atoms with E-state index >= 15 is 0 Å². The number of nitrogens with one attached hydrogen (secondary N) is 2. The maximum Gasteiger partial charge on any atom is 0.255 e. The number of halogens is 1. The van der Waals surface area contributed by atoms with Crippen molar-refractivity contribution < 1.29 is 14.0 Å². The lowest BCUT2D eigenvalue weighted by Gasteiger charge is -2.16. The summed E-state index contributed by atoms with van der Waals surface area (Å²) in [6, 6.07) is 21.4. The topological polar surface area (TPSA) is 58.2 Å². The molecule has 0 unspecified atom stereocenters. The minimum atomic E-state index is -0.416. The van der Waals surface area contributed by atoms with Crippen LogP contribution in [0.5, 0.6) is 0 Å². The lowest BCUT2D eigenvalue weighted by atomic mass is 10.1. The van der Waals surface area contributed by atoms with Crippen molar-refractivity contribution in [2.24, 2.45) is 0 Å². The van der Waals surface area contributed by atoms with Crippen molar-refractivity contribution in [1.29, 1.82) is 0 Å². The van der Waals surface area contributed by atoms with Crippen molar-refractivity contribution in [3.63, 3.8) is 0 Å². The van der Waals surface area contributed by atoms with Gasteiger partial charge in [0.15, 0.2) is 0 Å². The van der Waals surface area contributed by atoms with E-state index in [1.54, 1.807) is 24.3 Å². The van der Waals surface area contributed by atoms with E-state index in [-0.39, 0.29) is 11.9 Å². The van der Waals surface area contributed by atoms with Gasteiger partial charge >= 0.3 is 0 Å². The summed E-state index contributed by atoms with van der Waals surface area (Å²) in [4.78, 5) is 25.1. The van der Waals surface area contributed by atoms with Crippen LogP contribution in [0.25, 0.3) is 0 Å². The van der Waals surface area contributed by atoms with Crippen molar-refractivity contribution in [1.82, 2.24) is 5.32 Å². The molecule has 0 aliphatic carbocycles. The molecule has 0 saturated carbocycles. The summed E-state index contributed by atoms with van der Waals surface area (Å²) in [5, 5.41) is 5.65. The highest BCUT2D eigenvalue weighted by Crippen LogP contribution is 2.19. The standard InChI is InChI=1S/C22H19FN2O2/c1-15(16-7-3-2-4-8-16)24-22(27)19-9-5-6-10-20(19)25-21(26)17-11-13-18(23)14-12-17/h2-15H,1H3,(H,24,27)(H,25,26)/t15-/m0/s1. The zero-order chi connectivity index (χ0) is 19.2. The van der Waals surface area contributed by atoms with Crippen molar-refractivity contribution in [2.75, 3.05) is 5.32 Å². The third-order valence-corrected chi connectivity index (χ3v) is 4.17. The van der Waals surface area contributed by atoms with Gasteiger partial charge in [0, 0.05) is 5.56 Å². The molecule has 0 bridgehead atoms. The monoisotopic (exact) mass is 362 g/mol. The highest BCUT2D eigenvalue weighted by molar-refractivity contribution is 6.09. The molecule has 1 atom stereocenters. The van der Waals surface area contributed by atoms with Gasteiger partial charge < -0.3 is 10.6 Å². The van der Waals surface area contributed by atoms with E-state index in [2.05, 4.69) is 10.6 Å². The number of carbonyl (C=O) groups excluding carboxylic acids is 2. The van der Waals surface area contributed by atoms with E-state index in [0.29, 0.717) is 16.8 Å². The van der Waals surface area contributed by atoms with Gasteiger partial charge in [0.05, 0.1) is 17.3 Å². The largest absolute Gasteiger partial charge is 0.345 e. The third-order valence-electron chi connectivity index (χ3n) is 4.17. The summed E-state index contributed by atoms with van der Waals surface area (Å²) in [5.74, 6) is -1.12. The lowest BCUT2D eigenvalue weighted by molar-refractivity contribution is 0.0941. The first-order valence-electron chi connectivity index (χ1n) is 8.56. The maximum atomic E-state index is 13.0. The molecule has 0 aromatic heterocycles. The summed E-state index contributed by atoms with van der Waals surface area (Å²) < 4.78 is 13.0. The normalized spacial score (nSPS) is 11.5. The molecule has 136 valence electrons. The summed E-state index contributed by atoms with van der Waals surface area (Å²) in [7, 11) is 0. The van der Waals surface area contributed by atoms with E-state index in [0.717, 1.165) is 5.56 Å². The fraction of sp³-hybridized carbons (Fsp3) is 0.0909. The minimum absolute atomic E-state index is 0.181. The van der Waals surface area contributed by atoms with E-state index in [1.807, 2.05) is 37.3 Å². The van der Waals surface area contributed by atoms with E-state index < -0.39 is 11.7 Å². The Balaban J connectivity index is 1.76. The number of hydrogen-bond donors (Lipinski definition) is 2. The second kappa shape index (κ2) is 8.27. The molecular formula is C22H19FN2O2. The summed E-state index contributed by atoms with van der Waals surface area (Å²) in [6.07, 6.45) is 0. The Hall–Kier alpha value is -3.47. The van der Waals surface area contributed by atoms with Gasteiger partial charge in [0.25, 0.3) is 11.8 Å². The Labute approximate surface area is 157 Å². The van der Waals surface area contributed by atoms with E-state index in [4.69, 9.17) is 0 Å². The summed E-state index contributed by atoms with van der Waals surface area (Å²) in [5.41, 5.74) is 2.04. The molecule has 0 radical (unpaired) electrons. The minimum Gasteiger partial charge on any atom is -0.345 e. The Morgan fingerprint density at radius 3 is 2.15 bits per heavy atom. The van der Waals surface area contributed by atoms with E-state index in [9.17, 15) is 14.0 Å². The highest BCUT2D eigenvalue weighted by Gasteiger charge is 2.16. The van der Waals surface area contributed by atoms with Crippen LogP contribution in [0.3, 0.4) is 0 Å². The van der Waals surface area contributed by atoms with Crippen molar-refractivity contribution in [2.45, 2.75) is 13.0 Å². The number of hydrogen-bond acceptors (Lipinski definition) is 2. The quantitative estimate of drug-likeness (QED) is 0.698. The average molecular weight is 362 g/mol. The highest BCUT2D eigenvalue weighted by atomic mass is 19.1. The Kier molecular flexibility index (Phi) is 5.61. The van der Waals surface area contributed by atoms with Crippen LogP contribution in [0, 0.1) is 5.82 Å². The molecule has 3 aromatic rings. The molecule has 27 heavy (non-hydrogen) atoms. The molecule has 0 spiro atoms. The Morgan fingerprint density at radius 2 is 1.44 bits per heavy atom. The molecular weight excluding hydrogens is 343 g/mol. The smallest absolute Gasteiger partial charge is 0.255 e. The SMILES string of the molecule is C[C@H](NC(=O)c1ccccc1NC(=O)c1ccc(F)cc1)c1ccccc1. The fourth-order valence-electron chi connectivity index (χ4n) is 2.69. The van der Waals surface area contributed by atoms with Gasteiger partial charge in [-0.3, -0.25) is 9.59 Å². The molecule has 0 aliphatic rings. The summed E-state index contributed by atoms with van der Waals surface area (Å²) >= 11 is 0. The maximum absolute atomic E-state index is 13.0. The van der Waals surface area contributed by atoms with Gasteiger partial charge in [-0.15, -0.1) is 0 Å². The van der Waals surface area contributed by atoms with Gasteiger partial charge in [-0.05, 0) is 48.9 Å². The van der Waals surface area contributed by atoms with Gasteiger partial charge in [-0.25, -0.2) is 4.39 Å². The predicted octanol–water partition coefficient (Wildman–Crippen LogP) is 4.57. The second-order valence-electron chi connectivity index (χ2n) is 6.11. The molecule has 0 heterocycles. The number of anilines is 1. The van der Waals surface area contributed by atoms with Crippen LogP contribution in [0.2, 0.25) is 0 Å². The van der Waals surface area contributed by atoms with Gasteiger partial charge in [-0.1, -0.05) is 42.5 Å². The molecule has 2 N–H and O–H groups in total. The van der Waals surface area contributed by atoms with E-state index in [1.165, 1.54) is 24.3 Å². The molecule has 4 nitrogen and oxygen atoms in total. The number of rotatable bonds is 5. The first-order valence-corrected chi connectivity index (χ1v) is 8.56. The van der Waals surface area contributed by atoms with Crippen molar-refractivity contribution in [3.8, 4) is 0 Å². The zero-order valence-electron chi connectivity index (χ0n) is 14.8. The van der Waals surface area contributed by atoms with Crippen LogP contribution < -0.4 is 10.6 Å². The molecule has 0 saturated heterocycles. The van der Waals surface area contributed by atoms with Crippen LogP contribution in [0.15, 0.2) is 78.9 Å². The first kappa shape index (κ1) is 18.3. The molecule has 5 heteroatoms. The van der Waals surface area contributed by atoms with Crippen molar-refractivity contribution in [3.05, 3.63) is 101 Å². The predicted molar refractivity (Wildman–Crippen MR) is 103 cm³/mol. The number of amides is 2. The summed E-state index contributed by atoms with van der Waals surface area (Å²) in [6.45, 7) is 1.90. The first-order chi connectivity index (χ1) is 13.0. The average Bonchev–Trinajstić information content (AvgIpc) is 2.69. The molecule has 3 aromatic carbocycles. The number of para-hydroxylation sites is 1. The van der Waals surface area contributed by atoms with Crippen LogP contribution in [-0.2, 0) is 0 Å². The van der Waals surface area contributed by atoms with Crippen LogP contribution in [-0.4, -0.2) is 11.8 Å². The molecule has 2 amide bonds. The number of benzene rings is 3. The Bertz CT molecular complexity index is 940. The number of carbonyl (C=O) groups is 2. The van der Waals surface area contributed by atoms with Crippen molar-refractivity contribution >= 4 is 17.5 Å². The van der Waals surface area contributed by atoms with Gasteiger partial charge in [-0.2, -0.15) is 0 Å². The zero-order valence-corrected chi connectivity index (χ0v) is 14.8. The van der Waals surface area contributed by atoms with Gasteiger partial charge in [0.1, 0.15) is 5.82 Å². The molecule has 3 rings (SSSR count).